The van der Waals surface area contributed by atoms with Crippen LogP contribution in [0.2, 0.25) is 0 Å². The largest absolute Gasteiger partial charge is 0.348 e. The van der Waals surface area contributed by atoms with Crippen LogP contribution in [0.4, 0.5) is 0 Å². The molecule has 1 aromatic heterocycles. The van der Waals surface area contributed by atoms with Gasteiger partial charge in [-0.1, -0.05) is 17.3 Å². The maximum Gasteiger partial charge on any atom is 0.251 e. The van der Waals surface area contributed by atoms with Crippen molar-refractivity contribution in [1.29, 1.82) is 0 Å². The average Bonchev–Trinajstić information content (AvgIpc) is 2.93. The van der Waals surface area contributed by atoms with Gasteiger partial charge in [0.1, 0.15) is 0 Å². The molecule has 6 nitrogen and oxygen atoms in total. The smallest absolute Gasteiger partial charge is 0.251 e. The highest BCUT2D eigenvalue weighted by molar-refractivity contribution is 5.94. The Morgan fingerprint density at radius 3 is 2.43 bits per heavy atom. The molecule has 6 heteroatoms. The lowest BCUT2D eigenvalue weighted by Gasteiger charge is -2.25. The molecule has 0 aliphatic heterocycles. The highest BCUT2D eigenvalue weighted by Crippen LogP contribution is 2.16. The lowest BCUT2D eigenvalue weighted by atomic mass is 10.1. The third kappa shape index (κ3) is 4.63. The van der Waals surface area contributed by atoms with Gasteiger partial charge in [-0.2, -0.15) is 4.98 Å². The lowest BCUT2D eigenvalue weighted by Crippen LogP contribution is -2.42. The fourth-order valence-electron chi connectivity index (χ4n) is 2.18. The van der Waals surface area contributed by atoms with Crippen LogP contribution < -0.4 is 5.32 Å². The first kappa shape index (κ1) is 17.1. The Morgan fingerprint density at radius 2 is 1.91 bits per heavy atom. The normalized spacial score (nSPS) is 12.7. The minimum absolute atomic E-state index is 0.0782. The summed E-state index contributed by atoms with van der Waals surface area (Å²) in [5.41, 5.74) is 1.44. The molecule has 1 N–H and O–H groups in total. The Labute approximate surface area is 136 Å². The summed E-state index contributed by atoms with van der Waals surface area (Å²) in [5.74, 6) is 0.969. The SMILES string of the molecule is Cc1nc(-c2ccc(C(=O)N[C@H](C)CN(C)C(C)C)cc2)no1. The van der Waals surface area contributed by atoms with Crippen molar-refractivity contribution in [3.63, 3.8) is 0 Å². The molecule has 0 bridgehead atoms. The first-order valence-electron chi connectivity index (χ1n) is 7.78. The van der Waals surface area contributed by atoms with E-state index in [1.54, 1.807) is 19.1 Å². The molecular weight excluding hydrogens is 292 g/mol. The van der Waals surface area contributed by atoms with E-state index in [0.717, 1.165) is 12.1 Å². The van der Waals surface area contributed by atoms with Crippen LogP contribution in [-0.4, -0.2) is 46.6 Å². The van der Waals surface area contributed by atoms with Crippen molar-refractivity contribution in [3.05, 3.63) is 35.7 Å². The van der Waals surface area contributed by atoms with E-state index in [0.29, 0.717) is 23.3 Å². The summed E-state index contributed by atoms with van der Waals surface area (Å²) in [5, 5.41) is 6.88. The Hall–Kier alpha value is -2.21. The second kappa shape index (κ2) is 7.37. The Bertz CT molecular complexity index is 649. The van der Waals surface area contributed by atoms with Gasteiger partial charge in [-0.3, -0.25) is 4.79 Å². The number of nitrogens with zero attached hydrogens (tertiary/aromatic N) is 3. The molecule has 0 unspecified atom stereocenters. The van der Waals surface area contributed by atoms with Crippen molar-refractivity contribution in [3.8, 4) is 11.4 Å². The second-order valence-electron chi connectivity index (χ2n) is 6.12. The minimum atomic E-state index is -0.0782. The summed E-state index contributed by atoms with van der Waals surface area (Å²) in [6.07, 6.45) is 0. The van der Waals surface area contributed by atoms with Crippen LogP contribution in [-0.2, 0) is 0 Å². The molecule has 1 atom stereocenters. The van der Waals surface area contributed by atoms with Gasteiger partial charge in [-0.05, 0) is 40.0 Å². The van der Waals surface area contributed by atoms with E-state index in [2.05, 4.69) is 41.3 Å². The highest BCUT2D eigenvalue weighted by Gasteiger charge is 2.13. The number of carbonyl (C=O) groups excluding carboxylic acids is 1. The molecule has 1 aromatic carbocycles. The molecule has 23 heavy (non-hydrogen) atoms. The van der Waals surface area contributed by atoms with Crippen LogP contribution >= 0.6 is 0 Å². The highest BCUT2D eigenvalue weighted by atomic mass is 16.5. The van der Waals surface area contributed by atoms with Gasteiger partial charge in [0.2, 0.25) is 11.7 Å². The number of amides is 1. The van der Waals surface area contributed by atoms with Crippen molar-refractivity contribution in [2.24, 2.45) is 0 Å². The summed E-state index contributed by atoms with van der Waals surface area (Å²) in [6.45, 7) is 8.82. The summed E-state index contributed by atoms with van der Waals surface area (Å²) in [7, 11) is 2.05. The molecule has 0 aliphatic carbocycles. The van der Waals surface area contributed by atoms with Gasteiger partial charge in [0, 0.05) is 36.7 Å². The van der Waals surface area contributed by atoms with E-state index >= 15 is 0 Å². The predicted molar refractivity (Wildman–Crippen MR) is 89.2 cm³/mol. The third-order valence-electron chi connectivity index (χ3n) is 3.75. The van der Waals surface area contributed by atoms with Gasteiger partial charge in [0.15, 0.2) is 0 Å². The summed E-state index contributed by atoms with van der Waals surface area (Å²) in [6, 6.07) is 7.72. The molecule has 0 fully saturated rings. The van der Waals surface area contributed by atoms with Crippen LogP contribution in [0.3, 0.4) is 0 Å². The first-order chi connectivity index (χ1) is 10.9. The van der Waals surface area contributed by atoms with Crippen LogP contribution in [0.15, 0.2) is 28.8 Å². The van der Waals surface area contributed by atoms with Gasteiger partial charge in [-0.15, -0.1) is 0 Å². The topological polar surface area (TPSA) is 71.3 Å². The van der Waals surface area contributed by atoms with Crippen molar-refractivity contribution in [2.75, 3.05) is 13.6 Å². The number of hydrogen-bond donors (Lipinski definition) is 1. The zero-order chi connectivity index (χ0) is 17.0. The fourth-order valence-corrected chi connectivity index (χ4v) is 2.18. The molecule has 0 spiro atoms. The van der Waals surface area contributed by atoms with Crippen molar-refractivity contribution < 1.29 is 9.32 Å². The van der Waals surface area contributed by atoms with Gasteiger partial charge < -0.3 is 14.7 Å². The molecular formula is C17H24N4O2. The van der Waals surface area contributed by atoms with Crippen LogP contribution in [0.1, 0.15) is 37.0 Å². The molecule has 0 saturated heterocycles. The second-order valence-corrected chi connectivity index (χ2v) is 6.12. The minimum Gasteiger partial charge on any atom is -0.348 e. The van der Waals surface area contributed by atoms with E-state index in [9.17, 15) is 4.79 Å². The van der Waals surface area contributed by atoms with E-state index < -0.39 is 0 Å². The van der Waals surface area contributed by atoms with E-state index in [1.165, 1.54) is 0 Å². The summed E-state index contributed by atoms with van der Waals surface area (Å²) >= 11 is 0. The number of rotatable bonds is 6. The summed E-state index contributed by atoms with van der Waals surface area (Å²) in [4.78, 5) is 18.6. The molecule has 0 radical (unpaired) electrons. The Balaban J connectivity index is 1.97. The number of aryl methyl sites for hydroxylation is 1. The maximum atomic E-state index is 12.3. The Kier molecular flexibility index (Phi) is 5.50. The summed E-state index contributed by atoms with van der Waals surface area (Å²) < 4.78 is 4.96. The molecule has 1 amide bonds. The average molecular weight is 316 g/mol. The van der Waals surface area contributed by atoms with Gasteiger partial charge in [0.25, 0.3) is 5.91 Å². The maximum absolute atomic E-state index is 12.3. The van der Waals surface area contributed by atoms with Gasteiger partial charge in [0.05, 0.1) is 0 Å². The molecule has 2 aromatic rings. The predicted octanol–water partition coefficient (Wildman–Crippen LogP) is 2.50. The monoisotopic (exact) mass is 316 g/mol. The molecule has 0 saturated carbocycles. The molecule has 124 valence electrons. The van der Waals surface area contributed by atoms with Crippen molar-refractivity contribution in [1.82, 2.24) is 20.4 Å². The van der Waals surface area contributed by atoms with E-state index in [4.69, 9.17) is 4.52 Å². The number of nitrogens with one attached hydrogen (secondary N) is 1. The number of likely N-dealkylation sites (N-methyl/N-ethyl adjacent to an activating group) is 1. The first-order valence-corrected chi connectivity index (χ1v) is 7.78. The standard InChI is InChI=1S/C17H24N4O2/c1-11(2)21(5)10-12(3)18-17(22)15-8-6-14(7-9-15)16-19-13(4)23-20-16/h6-9,11-12H,10H2,1-5H3,(H,18,22)/t12-/m1/s1. The lowest BCUT2D eigenvalue weighted by molar-refractivity contribution is 0.0928. The third-order valence-corrected chi connectivity index (χ3v) is 3.75. The fraction of sp³-hybridized carbons (Fsp3) is 0.471. The van der Waals surface area contributed by atoms with E-state index in [1.807, 2.05) is 19.1 Å². The number of benzene rings is 1. The van der Waals surface area contributed by atoms with Gasteiger partial charge in [-0.25, -0.2) is 0 Å². The quantitative estimate of drug-likeness (QED) is 0.886. The molecule has 2 rings (SSSR count). The van der Waals surface area contributed by atoms with Gasteiger partial charge >= 0.3 is 0 Å². The van der Waals surface area contributed by atoms with Crippen LogP contribution in [0.5, 0.6) is 0 Å². The zero-order valence-corrected chi connectivity index (χ0v) is 14.3. The van der Waals surface area contributed by atoms with Crippen LogP contribution in [0.25, 0.3) is 11.4 Å². The number of hydrogen-bond acceptors (Lipinski definition) is 5. The van der Waals surface area contributed by atoms with Crippen molar-refractivity contribution >= 4 is 5.91 Å². The number of aromatic nitrogens is 2. The van der Waals surface area contributed by atoms with E-state index in [-0.39, 0.29) is 11.9 Å². The molecule has 0 aliphatic rings. The van der Waals surface area contributed by atoms with Crippen molar-refractivity contribution in [2.45, 2.75) is 39.8 Å². The molecule has 1 heterocycles. The Morgan fingerprint density at radius 1 is 1.26 bits per heavy atom. The number of carbonyl (C=O) groups is 1. The van der Waals surface area contributed by atoms with Crippen LogP contribution in [0, 0.1) is 6.92 Å². The zero-order valence-electron chi connectivity index (χ0n) is 14.3.